The lowest BCUT2D eigenvalue weighted by atomic mass is 10.0. The van der Waals surface area contributed by atoms with Crippen LogP contribution in [0.25, 0.3) is 0 Å². The molecule has 0 aliphatic rings. The smallest absolute Gasteiger partial charge is 0.102 e. The summed E-state index contributed by atoms with van der Waals surface area (Å²) >= 11 is 0. The second-order valence-corrected chi connectivity index (χ2v) is 2.83. The normalized spacial score (nSPS) is 8.85. The van der Waals surface area contributed by atoms with Crippen molar-refractivity contribution in [2.24, 2.45) is 0 Å². The highest BCUT2D eigenvalue weighted by Gasteiger charge is 2.06. The summed E-state index contributed by atoms with van der Waals surface area (Å²) in [6.45, 7) is 1.89. The average molecular weight is 171 g/mol. The Labute approximate surface area is 77.0 Å². The van der Waals surface area contributed by atoms with Gasteiger partial charge in [0.05, 0.1) is 23.7 Å². The Hall–Kier alpha value is -2.00. The molecule has 0 bridgehead atoms. The van der Waals surface area contributed by atoms with Gasteiger partial charge in [0.1, 0.15) is 6.07 Å². The lowest BCUT2D eigenvalue weighted by Crippen LogP contribution is -1.97. The Morgan fingerprint density at radius 1 is 1.38 bits per heavy atom. The van der Waals surface area contributed by atoms with Crippen molar-refractivity contribution in [2.75, 3.05) is 5.73 Å². The maximum Gasteiger partial charge on any atom is 0.102 e. The number of nitriles is 2. The fourth-order valence-corrected chi connectivity index (χ4v) is 1.25. The molecule has 1 aromatic rings. The summed E-state index contributed by atoms with van der Waals surface area (Å²) in [5.74, 6) is 0. The van der Waals surface area contributed by atoms with Crippen molar-refractivity contribution >= 4 is 5.69 Å². The third-order valence-electron chi connectivity index (χ3n) is 1.78. The highest BCUT2D eigenvalue weighted by atomic mass is 14.6. The largest absolute Gasteiger partial charge is 0.398 e. The highest BCUT2D eigenvalue weighted by molar-refractivity contribution is 5.60. The summed E-state index contributed by atoms with van der Waals surface area (Å²) in [7, 11) is 0. The SMILES string of the molecule is Cc1cc(N)c(C#N)c(CC#N)c1. The fraction of sp³-hybridized carbons (Fsp3) is 0.200. The molecular formula is C10H9N3. The van der Waals surface area contributed by atoms with E-state index in [-0.39, 0.29) is 6.42 Å². The predicted octanol–water partition coefficient (Wildman–Crippen LogP) is 1.51. The number of aryl methyl sites for hydroxylation is 1. The molecule has 0 spiro atoms. The molecule has 0 fully saturated rings. The number of hydrogen-bond donors (Lipinski definition) is 1. The minimum absolute atomic E-state index is 0.231. The second-order valence-electron chi connectivity index (χ2n) is 2.83. The monoisotopic (exact) mass is 171 g/mol. The summed E-state index contributed by atoms with van der Waals surface area (Å²) in [5.41, 5.74) is 8.19. The Kier molecular flexibility index (Phi) is 2.52. The van der Waals surface area contributed by atoms with Gasteiger partial charge in [0.25, 0.3) is 0 Å². The van der Waals surface area contributed by atoms with Crippen LogP contribution in [0.15, 0.2) is 12.1 Å². The van der Waals surface area contributed by atoms with Gasteiger partial charge in [-0.15, -0.1) is 0 Å². The highest BCUT2D eigenvalue weighted by Crippen LogP contribution is 2.18. The van der Waals surface area contributed by atoms with Crippen molar-refractivity contribution in [1.29, 1.82) is 10.5 Å². The zero-order valence-electron chi connectivity index (χ0n) is 7.33. The first-order valence-corrected chi connectivity index (χ1v) is 3.85. The van der Waals surface area contributed by atoms with E-state index in [2.05, 4.69) is 0 Å². The fourth-order valence-electron chi connectivity index (χ4n) is 1.25. The van der Waals surface area contributed by atoms with Crippen molar-refractivity contribution in [3.05, 3.63) is 28.8 Å². The number of nitrogens with two attached hydrogens (primary N) is 1. The van der Waals surface area contributed by atoms with E-state index in [1.165, 1.54) is 0 Å². The van der Waals surface area contributed by atoms with Crippen LogP contribution in [0.5, 0.6) is 0 Å². The van der Waals surface area contributed by atoms with Crippen LogP contribution in [0, 0.1) is 29.6 Å². The molecule has 64 valence electrons. The molecule has 3 heteroatoms. The van der Waals surface area contributed by atoms with Gasteiger partial charge >= 0.3 is 0 Å². The summed E-state index contributed by atoms with van der Waals surface area (Å²) in [6, 6.07) is 7.56. The molecule has 0 aromatic heterocycles. The number of rotatable bonds is 1. The van der Waals surface area contributed by atoms with E-state index in [1.54, 1.807) is 6.07 Å². The van der Waals surface area contributed by atoms with E-state index in [9.17, 15) is 0 Å². The number of nitrogen functional groups attached to an aromatic ring is 1. The molecule has 0 atom stereocenters. The molecule has 13 heavy (non-hydrogen) atoms. The quantitative estimate of drug-likeness (QED) is 0.651. The van der Waals surface area contributed by atoms with Crippen LogP contribution in [0.1, 0.15) is 16.7 Å². The summed E-state index contributed by atoms with van der Waals surface area (Å²) in [4.78, 5) is 0. The van der Waals surface area contributed by atoms with Crippen molar-refractivity contribution in [1.82, 2.24) is 0 Å². The van der Waals surface area contributed by atoms with Gasteiger partial charge in [-0.25, -0.2) is 0 Å². The van der Waals surface area contributed by atoms with Crippen LogP contribution in [-0.4, -0.2) is 0 Å². The van der Waals surface area contributed by atoms with Gasteiger partial charge in [-0.05, 0) is 24.1 Å². The molecule has 0 saturated heterocycles. The zero-order valence-corrected chi connectivity index (χ0v) is 7.33. The molecule has 1 aromatic carbocycles. The Balaban J connectivity index is 3.33. The topological polar surface area (TPSA) is 73.6 Å². The summed E-state index contributed by atoms with van der Waals surface area (Å²) < 4.78 is 0. The van der Waals surface area contributed by atoms with Crippen molar-refractivity contribution in [2.45, 2.75) is 13.3 Å². The van der Waals surface area contributed by atoms with Crippen LogP contribution in [0.2, 0.25) is 0 Å². The van der Waals surface area contributed by atoms with E-state index < -0.39 is 0 Å². The number of hydrogen-bond acceptors (Lipinski definition) is 3. The summed E-state index contributed by atoms with van der Waals surface area (Å²) in [5, 5.41) is 17.3. The third kappa shape index (κ3) is 1.77. The number of nitrogens with zero attached hydrogens (tertiary/aromatic N) is 2. The maximum absolute atomic E-state index is 8.78. The molecule has 0 heterocycles. The van der Waals surface area contributed by atoms with Gasteiger partial charge in [-0.3, -0.25) is 0 Å². The first-order chi connectivity index (χ1) is 6.19. The molecule has 2 N–H and O–H groups in total. The van der Waals surface area contributed by atoms with Gasteiger partial charge in [0.15, 0.2) is 0 Å². The van der Waals surface area contributed by atoms with Gasteiger partial charge in [-0.2, -0.15) is 10.5 Å². The second kappa shape index (κ2) is 3.60. The van der Waals surface area contributed by atoms with Gasteiger partial charge < -0.3 is 5.73 Å². The first-order valence-electron chi connectivity index (χ1n) is 3.85. The van der Waals surface area contributed by atoms with Crippen LogP contribution < -0.4 is 5.73 Å². The van der Waals surface area contributed by atoms with Gasteiger partial charge in [0, 0.05) is 0 Å². The van der Waals surface area contributed by atoms with E-state index in [0.717, 1.165) is 5.56 Å². The molecule has 0 aliphatic carbocycles. The minimum atomic E-state index is 0.231. The zero-order chi connectivity index (χ0) is 9.84. The minimum Gasteiger partial charge on any atom is -0.398 e. The summed E-state index contributed by atoms with van der Waals surface area (Å²) in [6.07, 6.45) is 0.231. The van der Waals surface area contributed by atoms with Crippen molar-refractivity contribution in [3.63, 3.8) is 0 Å². The molecule has 3 nitrogen and oxygen atoms in total. The molecule has 1 rings (SSSR count). The van der Waals surface area contributed by atoms with Crippen LogP contribution in [0.4, 0.5) is 5.69 Å². The molecular weight excluding hydrogens is 162 g/mol. The molecule has 0 unspecified atom stereocenters. The third-order valence-corrected chi connectivity index (χ3v) is 1.78. The van der Waals surface area contributed by atoms with Crippen molar-refractivity contribution in [3.8, 4) is 12.1 Å². The molecule has 0 saturated carbocycles. The van der Waals surface area contributed by atoms with Crippen LogP contribution in [-0.2, 0) is 6.42 Å². The average Bonchev–Trinajstić information content (AvgIpc) is 2.04. The number of anilines is 1. The Bertz CT molecular complexity index is 407. The maximum atomic E-state index is 8.78. The molecule has 0 amide bonds. The van der Waals surface area contributed by atoms with Gasteiger partial charge in [-0.1, -0.05) is 6.07 Å². The van der Waals surface area contributed by atoms with Crippen LogP contribution >= 0.6 is 0 Å². The molecule has 0 aliphatic heterocycles. The van der Waals surface area contributed by atoms with Crippen LogP contribution in [0.3, 0.4) is 0 Å². The number of benzene rings is 1. The van der Waals surface area contributed by atoms with E-state index in [1.807, 2.05) is 25.1 Å². The first kappa shape index (κ1) is 9.09. The van der Waals surface area contributed by atoms with E-state index in [4.69, 9.17) is 16.3 Å². The van der Waals surface area contributed by atoms with Gasteiger partial charge in [0.2, 0.25) is 0 Å². The Morgan fingerprint density at radius 2 is 2.08 bits per heavy atom. The standard InChI is InChI=1S/C10H9N3/c1-7-4-8(2-3-11)9(6-12)10(13)5-7/h4-5H,2,13H2,1H3. The lowest BCUT2D eigenvalue weighted by molar-refractivity contribution is 1.23. The molecule has 0 radical (unpaired) electrons. The Morgan fingerprint density at radius 3 is 2.62 bits per heavy atom. The lowest BCUT2D eigenvalue weighted by Gasteiger charge is -2.04. The van der Waals surface area contributed by atoms with E-state index in [0.29, 0.717) is 16.8 Å². The van der Waals surface area contributed by atoms with Crippen molar-refractivity contribution < 1.29 is 0 Å². The van der Waals surface area contributed by atoms with E-state index >= 15 is 0 Å². The predicted molar refractivity (Wildman–Crippen MR) is 49.6 cm³/mol.